The van der Waals surface area contributed by atoms with E-state index in [1.54, 1.807) is 12.1 Å². The maximum Gasteiger partial charge on any atom is 0.247 e. The van der Waals surface area contributed by atoms with E-state index in [-0.39, 0.29) is 29.6 Å². The summed E-state index contributed by atoms with van der Waals surface area (Å²) in [5.41, 5.74) is 0.202. The van der Waals surface area contributed by atoms with Gasteiger partial charge in [-0.25, -0.2) is 8.42 Å². The second-order valence-corrected chi connectivity index (χ2v) is 9.29. The van der Waals surface area contributed by atoms with Crippen molar-refractivity contribution in [2.24, 2.45) is 0 Å². The summed E-state index contributed by atoms with van der Waals surface area (Å²) in [6.07, 6.45) is 0.804. The molecular formula is C21H25N3O5S. The Balaban J connectivity index is 1.60. The molecule has 0 unspecified atom stereocenters. The van der Waals surface area contributed by atoms with Crippen molar-refractivity contribution in [2.75, 3.05) is 38.9 Å². The van der Waals surface area contributed by atoms with Crippen molar-refractivity contribution in [3.63, 3.8) is 0 Å². The zero-order chi connectivity index (χ0) is 21.4. The first-order valence-corrected chi connectivity index (χ1v) is 11.2. The smallest absolute Gasteiger partial charge is 0.247 e. The van der Waals surface area contributed by atoms with Gasteiger partial charge >= 0.3 is 0 Å². The molecule has 2 aliphatic rings. The third-order valence-electron chi connectivity index (χ3n) is 5.94. The summed E-state index contributed by atoms with van der Waals surface area (Å²) in [4.78, 5) is 14.9. The molecule has 1 spiro atoms. The number of anilines is 1. The molecule has 160 valence electrons. The van der Waals surface area contributed by atoms with Crippen LogP contribution in [-0.2, 0) is 14.8 Å². The Kier molecular flexibility index (Phi) is 5.33. The van der Waals surface area contributed by atoms with Crippen LogP contribution in [0.5, 0.6) is 11.5 Å². The number of carbonyl (C=O) groups is 1. The zero-order valence-electron chi connectivity index (χ0n) is 17.0. The molecule has 0 atom stereocenters. The summed E-state index contributed by atoms with van der Waals surface area (Å²) in [5, 5.41) is 2.93. The number of benzene rings is 2. The SMILES string of the molecule is COc1ccc(OC)c(S(=O)(=O)N2CCC3(CC2)C(=O)NCN3c2ccccc2)c1. The van der Waals surface area contributed by atoms with Gasteiger partial charge < -0.3 is 19.7 Å². The van der Waals surface area contributed by atoms with Gasteiger partial charge in [0.15, 0.2) is 0 Å². The molecule has 0 radical (unpaired) electrons. The summed E-state index contributed by atoms with van der Waals surface area (Å²) in [7, 11) is -0.882. The maximum atomic E-state index is 13.3. The lowest BCUT2D eigenvalue weighted by molar-refractivity contribution is -0.124. The zero-order valence-corrected chi connectivity index (χ0v) is 17.8. The Morgan fingerprint density at radius 2 is 1.70 bits per heavy atom. The second kappa shape index (κ2) is 7.81. The molecule has 2 fully saturated rings. The van der Waals surface area contributed by atoms with Gasteiger partial charge in [-0.15, -0.1) is 0 Å². The van der Waals surface area contributed by atoms with E-state index in [1.165, 1.54) is 24.6 Å². The second-order valence-electron chi connectivity index (χ2n) is 7.38. The molecule has 2 aliphatic heterocycles. The number of carbonyl (C=O) groups excluding carboxylic acids is 1. The third-order valence-corrected chi connectivity index (χ3v) is 7.86. The number of amides is 1. The third kappa shape index (κ3) is 3.27. The molecule has 9 heteroatoms. The first-order valence-electron chi connectivity index (χ1n) is 9.75. The average Bonchev–Trinajstić information content (AvgIpc) is 3.09. The summed E-state index contributed by atoms with van der Waals surface area (Å²) < 4.78 is 38.6. The van der Waals surface area contributed by atoms with Crippen LogP contribution >= 0.6 is 0 Å². The van der Waals surface area contributed by atoms with E-state index >= 15 is 0 Å². The van der Waals surface area contributed by atoms with Gasteiger partial charge in [-0.1, -0.05) is 18.2 Å². The van der Waals surface area contributed by atoms with E-state index < -0.39 is 15.6 Å². The van der Waals surface area contributed by atoms with Gasteiger partial charge in [0, 0.05) is 24.8 Å². The normalized spacial score (nSPS) is 19.0. The van der Waals surface area contributed by atoms with Crippen molar-refractivity contribution in [2.45, 2.75) is 23.3 Å². The Bertz CT molecular complexity index is 1030. The molecule has 0 bridgehead atoms. The van der Waals surface area contributed by atoms with Crippen molar-refractivity contribution >= 4 is 21.6 Å². The first kappa shape index (κ1) is 20.5. The van der Waals surface area contributed by atoms with Crippen LogP contribution in [0.2, 0.25) is 0 Å². The number of para-hydroxylation sites is 1. The molecule has 2 aromatic rings. The molecule has 8 nitrogen and oxygen atoms in total. The molecule has 30 heavy (non-hydrogen) atoms. The van der Waals surface area contributed by atoms with Crippen LogP contribution in [0.1, 0.15) is 12.8 Å². The number of methoxy groups -OCH3 is 2. The molecule has 2 aromatic carbocycles. The van der Waals surface area contributed by atoms with Crippen molar-refractivity contribution in [3.8, 4) is 11.5 Å². The van der Waals surface area contributed by atoms with E-state index in [0.29, 0.717) is 25.3 Å². The van der Waals surface area contributed by atoms with E-state index in [2.05, 4.69) is 5.32 Å². The molecule has 0 saturated carbocycles. The highest BCUT2D eigenvalue weighted by Gasteiger charge is 2.51. The lowest BCUT2D eigenvalue weighted by atomic mass is 9.86. The van der Waals surface area contributed by atoms with E-state index in [4.69, 9.17) is 9.47 Å². The topological polar surface area (TPSA) is 88.2 Å². The summed E-state index contributed by atoms with van der Waals surface area (Å²) in [5.74, 6) is 0.649. The predicted molar refractivity (Wildman–Crippen MR) is 112 cm³/mol. The van der Waals surface area contributed by atoms with Crippen LogP contribution < -0.4 is 19.7 Å². The molecule has 2 saturated heterocycles. The summed E-state index contributed by atoms with van der Waals surface area (Å²) in [6, 6.07) is 14.4. The van der Waals surface area contributed by atoms with Gasteiger partial charge in [-0.05, 0) is 37.1 Å². The first-order chi connectivity index (χ1) is 14.4. The highest BCUT2D eigenvalue weighted by molar-refractivity contribution is 7.89. The minimum absolute atomic E-state index is 0.0534. The van der Waals surface area contributed by atoms with Crippen molar-refractivity contribution < 1.29 is 22.7 Å². The van der Waals surface area contributed by atoms with Crippen LogP contribution in [0.15, 0.2) is 53.4 Å². The van der Waals surface area contributed by atoms with Gasteiger partial charge in [0.2, 0.25) is 15.9 Å². The standard InChI is InChI=1S/C21H25N3O5S/c1-28-17-8-9-18(29-2)19(14-17)30(26,27)23-12-10-21(11-13-23)20(25)22-15-24(21)16-6-4-3-5-7-16/h3-9,14H,10-13,15H2,1-2H3,(H,22,25). The van der Waals surface area contributed by atoms with Crippen molar-refractivity contribution in [1.29, 1.82) is 0 Å². The lowest BCUT2D eigenvalue weighted by Gasteiger charge is -2.42. The molecule has 0 aliphatic carbocycles. The predicted octanol–water partition coefficient (Wildman–Crippen LogP) is 1.82. The van der Waals surface area contributed by atoms with Gasteiger partial charge in [-0.2, -0.15) is 4.31 Å². The van der Waals surface area contributed by atoms with Crippen LogP contribution in [0.25, 0.3) is 0 Å². The number of rotatable bonds is 5. The van der Waals surface area contributed by atoms with Crippen LogP contribution in [0.3, 0.4) is 0 Å². The van der Waals surface area contributed by atoms with Gasteiger partial charge in [0.25, 0.3) is 0 Å². The van der Waals surface area contributed by atoms with E-state index in [1.807, 2.05) is 35.2 Å². The van der Waals surface area contributed by atoms with Gasteiger partial charge in [-0.3, -0.25) is 4.79 Å². The summed E-state index contributed by atoms with van der Waals surface area (Å²) in [6.45, 7) is 0.887. The Hall–Kier alpha value is -2.78. The monoisotopic (exact) mass is 431 g/mol. The average molecular weight is 432 g/mol. The minimum Gasteiger partial charge on any atom is -0.497 e. The minimum atomic E-state index is -3.81. The maximum absolute atomic E-state index is 13.3. The number of hydrogen-bond donors (Lipinski definition) is 1. The molecule has 1 N–H and O–H groups in total. The fraction of sp³-hybridized carbons (Fsp3) is 0.381. The van der Waals surface area contributed by atoms with E-state index in [9.17, 15) is 13.2 Å². The van der Waals surface area contributed by atoms with Gasteiger partial charge in [0.05, 0.1) is 20.9 Å². The molecule has 0 aromatic heterocycles. The number of sulfonamides is 1. The fourth-order valence-electron chi connectivity index (χ4n) is 4.25. The van der Waals surface area contributed by atoms with Crippen LogP contribution in [0, 0.1) is 0 Å². The highest BCUT2D eigenvalue weighted by atomic mass is 32.2. The van der Waals surface area contributed by atoms with E-state index in [0.717, 1.165) is 5.69 Å². The molecule has 2 heterocycles. The van der Waals surface area contributed by atoms with Gasteiger partial charge in [0.1, 0.15) is 21.9 Å². The van der Waals surface area contributed by atoms with Crippen molar-refractivity contribution in [3.05, 3.63) is 48.5 Å². The Morgan fingerprint density at radius 3 is 2.33 bits per heavy atom. The Morgan fingerprint density at radius 1 is 1.00 bits per heavy atom. The number of hydrogen-bond acceptors (Lipinski definition) is 6. The quantitative estimate of drug-likeness (QED) is 0.777. The molecule has 4 rings (SSSR count). The van der Waals surface area contributed by atoms with Crippen molar-refractivity contribution in [1.82, 2.24) is 9.62 Å². The molecular weight excluding hydrogens is 406 g/mol. The van der Waals surface area contributed by atoms with Crippen LogP contribution in [-0.4, -0.2) is 58.1 Å². The number of nitrogens with zero attached hydrogens (tertiary/aromatic N) is 2. The number of nitrogens with one attached hydrogen (secondary N) is 1. The highest BCUT2D eigenvalue weighted by Crippen LogP contribution is 2.39. The number of piperidine rings is 1. The summed E-state index contributed by atoms with van der Waals surface area (Å²) >= 11 is 0. The fourth-order valence-corrected chi connectivity index (χ4v) is 5.87. The molecule has 1 amide bonds. The largest absolute Gasteiger partial charge is 0.497 e. The number of ether oxygens (including phenoxy) is 2. The lowest BCUT2D eigenvalue weighted by Crippen LogP contribution is -2.57. The van der Waals surface area contributed by atoms with Crippen LogP contribution in [0.4, 0.5) is 5.69 Å². The Labute approximate surface area is 176 Å².